The Kier molecular flexibility index (Phi) is 2.71. The highest BCUT2D eigenvalue weighted by molar-refractivity contribution is 5.76. The fourth-order valence-electron chi connectivity index (χ4n) is 2.86. The minimum atomic E-state index is -0.972. The summed E-state index contributed by atoms with van der Waals surface area (Å²) in [5.74, 6) is 0.294. The van der Waals surface area contributed by atoms with Gasteiger partial charge in [0.1, 0.15) is 17.1 Å². The van der Waals surface area contributed by atoms with Gasteiger partial charge < -0.3 is 14.6 Å². The molecular weight excluding hydrogens is 283 g/mol. The fraction of sp³-hybridized carbons (Fsp3) is 0.250. The molecule has 1 fully saturated rings. The molecule has 22 heavy (non-hydrogen) atoms. The van der Waals surface area contributed by atoms with E-state index < -0.39 is 5.60 Å². The maximum absolute atomic E-state index is 13.0. The highest BCUT2D eigenvalue weighted by Gasteiger charge is 2.44. The van der Waals surface area contributed by atoms with Crippen molar-refractivity contribution in [2.45, 2.75) is 5.60 Å². The number of aromatic nitrogens is 3. The van der Waals surface area contributed by atoms with E-state index in [2.05, 4.69) is 9.97 Å². The number of anilines is 1. The first-order chi connectivity index (χ1) is 10.5. The van der Waals surface area contributed by atoms with E-state index in [9.17, 15) is 9.50 Å². The van der Waals surface area contributed by atoms with Crippen molar-refractivity contribution in [1.82, 2.24) is 14.5 Å². The Morgan fingerprint density at radius 1 is 1.18 bits per heavy atom. The van der Waals surface area contributed by atoms with Crippen molar-refractivity contribution in [3.05, 3.63) is 54.1 Å². The van der Waals surface area contributed by atoms with E-state index in [4.69, 9.17) is 0 Å². The first-order valence-corrected chi connectivity index (χ1v) is 7.07. The lowest BCUT2D eigenvalue weighted by Gasteiger charge is -2.46. The summed E-state index contributed by atoms with van der Waals surface area (Å²) in [7, 11) is 1.93. The van der Waals surface area contributed by atoms with E-state index in [1.54, 1.807) is 18.3 Å². The predicted molar refractivity (Wildman–Crippen MR) is 81.0 cm³/mol. The molecule has 112 valence electrons. The molecule has 1 aliphatic heterocycles. The summed E-state index contributed by atoms with van der Waals surface area (Å²) >= 11 is 0. The summed E-state index contributed by atoms with van der Waals surface area (Å²) in [5, 5.41) is 11.6. The third-order valence-electron chi connectivity index (χ3n) is 4.16. The molecular formula is C16H15FN4O. The van der Waals surface area contributed by atoms with Crippen LogP contribution in [0.5, 0.6) is 0 Å². The molecule has 0 unspecified atom stereocenters. The zero-order valence-corrected chi connectivity index (χ0v) is 12.1. The molecule has 0 radical (unpaired) electrons. The average Bonchev–Trinajstić information content (AvgIpc) is 2.86. The summed E-state index contributed by atoms with van der Waals surface area (Å²) in [6.07, 6.45) is 3.72. The number of aliphatic hydroxyl groups is 1. The maximum Gasteiger partial charge on any atom is 0.227 e. The number of fused-ring (bicyclic) bond motifs is 1. The van der Waals surface area contributed by atoms with Gasteiger partial charge in [0, 0.05) is 24.8 Å². The normalized spacial score (nSPS) is 16.8. The second-order valence-corrected chi connectivity index (χ2v) is 5.77. The third kappa shape index (κ3) is 1.95. The molecule has 6 heteroatoms. The number of benzene rings is 1. The summed E-state index contributed by atoms with van der Waals surface area (Å²) in [6, 6.07) is 7.93. The summed E-state index contributed by atoms with van der Waals surface area (Å²) in [4.78, 5) is 10.8. The van der Waals surface area contributed by atoms with Crippen molar-refractivity contribution in [1.29, 1.82) is 0 Å². The highest BCUT2D eigenvalue weighted by Crippen LogP contribution is 2.34. The molecule has 3 heterocycles. The SMILES string of the molecule is Cn1ccc2cnc(N3CC(O)(c4ccc(F)cc4)C3)nc21. The molecule has 0 saturated carbocycles. The standard InChI is InChI=1S/C16H15FN4O/c1-20-7-6-11-8-18-15(19-14(11)20)21-9-16(22,10-21)12-2-4-13(17)5-3-12/h2-8,22H,9-10H2,1H3. The Hall–Kier alpha value is -2.47. The van der Waals surface area contributed by atoms with Crippen LogP contribution < -0.4 is 4.90 Å². The minimum Gasteiger partial charge on any atom is -0.381 e. The topological polar surface area (TPSA) is 54.2 Å². The Morgan fingerprint density at radius 3 is 2.64 bits per heavy atom. The van der Waals surface area contributed by atoms with Gasteiger partial charge in [-0.2, -0.15) is 4.98 Å². The van der Waals surface area contributed by atoms with Crippen LogP contribution >= 0.6 is 0 Å². The van der Waals surface area contributed by atoms with Gasteiger partial charge in [0.2, 0.25) is 5.95 Å². The second kappa shape index (κ2) is 4.51. The van der Waals surface area contributed by atoms with E-state index in [1.807, 2.05) is 28.8 Å². The molecule has 0 atom stereocenters. The van der Waals surface area contributed by atoms with Crippen LogP contribution in [0.4, 0.5) is 10.3 Å². The summed E-state index contributed by atoms with van der Waals surface area (Å²) in [5.41, 5.74) is 0.604. The number of hydrogen-bond acceptors (Lipinski definition) is 4. The Morgan fingerprint density at radius 2 is 1.91 bits per heavy atom. The molecule has 1 aromatic carbocycles. The van der Waals surface area contributed by atoms with Gasteiger partial charge in [-0.15, -0.1) is 0 Å². The van der Waals surface area contributed by atoms with Crippen LogP contribution in [-0.4, -0.2) is 32.7 Å². The van der Waals surface area contributed by atoms with Crippen LogP contribution in [0.25, 0.3) is 11.0 Å². The predicted octanol–water partition coefficient (Wildman–Crippen LogP) is 1.82. The molecule has 0 bridgehead atoms. The Labute approximate surface area is 126 Å². The van der Waals surface area contributed by atoms with Crippen LogP contribution in [0.2, 0.25) is 0 Å². The number of nitrogens with zero attached hydrogens (tertiary/aromatic N) is 4. The number of hydrogen-bond donors (Lipinski definition) is 1. The molecule has 5 nitrogen and oxygen atoms in total. The number of aryl methyl sites for hydroxylation is 1. The lowest BCUT2D eigenvalue weighted by atomic mass is 9.86. The monoisotopic (exact) mass is 298 g/mol. The van der Waals surface area contributed by atoms with Gasteiger partial charge >= 0.3 is 0 Å². The Bertz CT molecular complexity index is 837. The van der Waals surface area contributed by atoms with Crippen molar-refractivity contribution >= 4 is 17.0 Å². The smallest absolute Gasteiger partial charge is 0.227 e. The average molecular weight is 298 g/mol. The molecule has 0 spiro atoms. The van der Waals surface area contributed by atoms with E-state index in [-0.39, 0.29) is 5.82 Å². The van der Waals surface area contributed by atoms with Crippen molar-refractivity contribution in [3.8, 4) is 0 Å². The lowest BCUT2D eigenvalue weighted by Crippen LogP contribution is -2.60. The van der Waals surface area contributed by atoms with Crippen LogP contribution in [0, 0.1) is 5.82 Å². The van der Waals surface area contributed by atoms with E-state index in [0.29, 0.717) is 24.6 Å². The second-order valence-electron chi connectivity index (χ2n) is 5.77. The van der Waals surface area contributed by atoms with E-state index >= 15 is 0 Å². The Balaban J connectivity index is 1.58. The molecule has 1 saturated heterocycles. The van der Waals surface area contributed by atoms with Crippen molar-refractivity contribution in [2.24, 2.45) is 7.05 Å². The lowest BCUT2D eigenvalue weighted by molar-refractivity contribution is 0.00652. The minimum absolute atomic E-state index is 0.305. The molecule has 0 aliphatic carbocycles. The first-order valence-electron chi connectivity index (χ1n) is 7.07. The molecule has 0 amide bonds. The van der Waals surface area contributed by atoms with E-state index in [0.717, 1.165) is 11.0 Å². The molecule has 4 rings (SSSR count). The van der Waals surface area contributed by atoms with Gasteiger partial charge in [0.15, 0.2) is 0 Å². The van der Waals surface area contributed by atoms with Gasteiger partial charge in [0.05, 0.1) is 13.1 Å². The number of rotatable bonds is 2. The van der Waals surface area contributed by atoms with Gasteiger partial charge in [-0.05, 0) is 23.8 Å². The van der Waals surface area contributed by atoms with Gasteiger partial charge in [-0.3, -0.25) is 0 Å². The number of β-amino-alcohol motifs (C(OH)–C–C–N with tert-alkyl or cyclic N) is 1. The maximum atomic E-state index is 13.0. The van der Waals surface area contributed by atoms with Gasteiger partial charge in [-0.1, -0.05) is 12.1 Å². The summed E-state index contributed by atoms with van der Waals surface area (Å²) < 4.78 is 14.9. The van der Waals surface area contributed by atoms with E-state index in [1.165, 1.54) is 12.1 Å². The largest absolute Gasteiger partial charge is 0.381 e. The fourth-order valence-corrected chi connectivity index (χ4v) is 2.86. The quantitative estimate of drug-likeness (QED) is 0.784. The van der Waals surface area contributed by atoms with Crippen molar-refractivity contribution < 1.29 is 9.50 Å². The molecule has 2 aromatic heterocycles. The first kappa shape index (κ1) is 13.2. The molecule has 1 aliphatic rings. The zero-order valence-electron chi connectivity index (χ0n) is 12.1. The molecule has 3 aromatic rings. The summed E-state index contributed by atoms with van der Waals surface area (Å²) in [6.45, 7) is 0.795. The zero-order chi connectivity index (χ0) is 15.3. The van der Waals surface area contributed by atoms with Crippen molar-refractivity contribution in [3.63, 3.8) is 0 Å². The van der Waals surface area contributed by atoms with Gasteiger partial charge in [0.25, 0.3) is 0 Å². The van der Waals surface area contributed by atoms with Crippen LogP contribution in [0.15, 0.2) is 42.7 Å². The van der Waals surface area contributed by atoms with Gasteiger partial charge in [-0.25, -0.2) is 9.37 Å². The molecule has 1 N–H and O–H groups in total. The third-order valence-corrected chi connectivity index (χ3v) is 4.16. The number of halogens is 1. The van der Waals surface area contributed by atoms with Crippen LogP contribution in [0.3, 0.4) is 0 Å². The van der Waals surface area contributed by atoms with Crippen LogP contribution in [-0.2, 0) is 12.6 Å². The highest BCUT2D eigenvalue weighted by atomic mass is 19.1. The van der Waals surface area contributed by atoms with Crippen molar-refractivity contribution in [2.75, 3.05) is 18.0 Å². The van der Waals surface area contributed by atoms with Crippen LogP contribution in [0.1, 0.15) is 5.56 Å².